The maximum atomic E-state index is 13.0. The van der Waals surface area contributed by atoms with Gasteiger partial charge in [-0.05, 0) is 31.0 Å². The number of carbonyl (C=O) groups is 2. The topological polar surface area (TPSA) is 117 Å². The average Bonchev–Trinajstić information content (AvgIpc) is 3.54. The third-order valence-corrected chi connectivity index (χ3v) is 6.82. The quantitative estimate of drug-likeness (QED) is 0.479. The first-order valence-electron chi connectivity index (χ1n) is 10.7. The molecule has 2 aromatic carbocycles. The number of morpholine rings is 1. The van der Waals surface area contributed by atoms with Gasteiger partial charge in [-0.15, -0.1) is 10.2 Å². The van der Waals surface area contributed by atoms with Crippen LogP contribution in [0.5, 0.6) is 5.75 Å². The summed E-state index contributed by atoms with van der Waals surface area (Å²) in [5.41, 5.74) is 0.846. The molecule has 2 fully saturated rings. The van der Waals surface area contributed by atoms with Gasteiger partial charge in [0.2, 0.25) is 11.0 Å². The Morgan fingerprint density at radius 1 is 1.03 bits per heavy atom. The van der Waals surface area contributed by atoms with Crippen LogP contribution in [0.15, 0.2) is 48.5 Å². The minimum absolute atomic E-state index is 0.0973. The lowest BCUT2D eigenvalue weighted by atomic mass is 10.1. The van der Waals surface area contributed by atoms with Crippen LogP contribution >= 0.6 is 11.3 Å². The van der Waals surface area contributed by atoms with Crippen molar-refractivity contribution >= 4 is 34.0 Å². The molecule has 0 spiro atoms. The Hall–Kier alpha value is -3.34. The molecule has 1 saturated carbocycles. The van der Waals surface area contributed by atoms with E-state index in [1.54, 1.807) is 0 Å². The molecule has 33 heavy (non-hydrogen) atoms. The number of nitrogens with one attached hydrogen (secondary N) is 2. The fourth-order valence-corrected chi connectivity index (χ4v) is 4.70. The van der Waals surface area contributed by atoms with Gasteiger partial charge in [-0.1, -0.05) is 41.7 Å². The van der Waals surface area contributed by atoms with Gasteiger partial charge < -0.3 is 15.2 Å². The molecule has 3 N–H and O–H groups in total. The van der Waals surface area contributed by atoms with Gasteiger partial charge in [0.05, 0.1) is 18.9 Å². The first-order valence-corrected chi connectivity index (χ1v) is 11.5. The third kappa shape index (κ3) is 4.45. The van der Waals surface area contributed by atoms with Crippen molar-refractivity contribution in [1.29, 1.82) is 0 Å². The van der Waals surface area contributed by atoms with E-state index in [0.29, 0.717) is 36.4 Å². The summed E-state index contributed by atoms with van der Waals surface area (Å²) in [6, 6.07) is 13.9. The zero-order valence-electron chi connectivity index (χ0n) is 17.8. The van der Waals surface area contributed by atoms with Crippen molar-refractivity contribution in [2.75, 3.05) is 36.9 Å². The van der Waals surface area contributed by atoms with Crippen molar-refractivity contribution in [3.63, 3.8) is 0 Å². The van der Waals surface area contributed by atoms with Gasteiger partial charge in [-0.2, -0.15) is 0 Å². The summed E-state index contributed by atoms with van der Waals surface area (Å²) < 4.78 is 5.39. The second kappa shape index (κ2) is 8.89. The van der Waals surface area contributed by atoms with Crippen LogP contribution in [0.1, 0.15) is 23.2 Å². The molecule has 3 aromatic rings. The number of nitrogens with zero attached hydrogens (tertiary/aromatic N) is 3. The zero-order chi connectivity index (χ0) is 22.8. The number of amides is 2. The number of ether oxygens (including phenoxy) is 1. The number of aromatic nitrogens is 2. The molecular formula is C23H23N5O4S. The van der Waals surface area contributed by atoms with Gasteiger partial charge in [0.15, 0.2) is 0 Å². The summed E-state index contributed by atoms with van der Waals surface area (Å²) in [4.78, 5) is 28.0. The van der Waals surface area contributed by atoms with Crippen LogP contribution in [0.25, 0.3) is 10.6 Å². The number of benzene rings is 2. The number of phenolic OH excluding ortho intramolecular Hbond substituents is 1. The van der Waals surface area contributed by atoms with Crippen LogP contribution in [0.3, 0.4) is 0 Å². The number of hydrogen-bond donors (Lipinski definition) is 3. The van der Waals surface area contributed by atoms with Gasteiger partial charge in [0.25, 0.3) is 5.91 Å². The van der Waals surface area contributed by atoms with E-state index >= 15 is 0 Å². The first kappa shape index (κ1) is 21.5. The van der Waals surface area contributed by atoms with Crippen molar-refractivity contribution in [1.82, 2.24) is 15.1 Å². The van der Waals surface area contributed by atoms with Gasteiger partial charge in [0.1, 0.15) is 16.3 Å². The summed E-state index contributed by atoms with van der Waals surface area (Å²) in [6.07, 6.45) is 1.53. The molecule has 9 nitrogen and oxygen atoms in total. The Morgan fingerprint density at radius 3 is 2.52 bits per heavy atom. The van der Waals surface area contributed by atoms with Crippen molar-refractivity contribution in [3.8, 4) is 16.3 Å². The van der Waals surface area contributed by atoms with E-state index in [4.69, 9.17) is 4.74 Å². The van der Waals surface area contributed by atoms with Crippen LogP contribution in [0.4, 0.5) is 10.8 Å². The largest absolute Gasteiger partial charge is 0.506 e. The number of rotatable bonds is 6. The monoisotopic (exact) mass is 465 g/mol. The summed E-state index contributed by atoms with van der Waals surface area (Å²) in [6.45, 7) is 2.62. The molecule has 1 aliphatic carbocycles. The maximum Gasteiger partial charge on any atom is 0.257 e. The fraction of sp³-hybridized carbons (Fsp3) is 0.304. The molecule has 10 heteroatoms. The molecule has 1 saturated heterocycles. The van der Waals surface area contributed by atoms with E-state index in [1.165, 1.54) is 29.5 Å². The molecule has 5 rings (SSSR count). The highest BCUT2D eigenvalue weighted by Gasteiger charge is 2.54. The van der Waals surface area contributed by atoms with Gasteiger partial charge in [0, 0.05) is 24.2 Å². The molecule has 1 aromatic heterocycles. The van der Waals surface area contributed by atoms with E-state index in [2.05, 4.69) is 25.7 Å². The normalized spacial score (nSPS) is 17.3. The Bertz CT molecular complexity index is 1170. The molecule has 2 heterocycles. The van der Waals surface area contributed by atoms with Gasteiger partial charge in [-0.25, -0.2) is 0 Å². The van der Waals surface area contributed by atoms with Gasteiger partial charge in [-0.3, -0.25) is 19.8 Å². The average molecular weight is 466 g/mol. The molecule has 2 aliphatic rings. The van der Waals surface area contributed by atoms with E-state index in [-0.39, 0.29) is 22.9 Å². The Balaban J connectivity index is 1.28. The Kier molecular flexibility index (Phi) is 5.79. The third-order valence-electron chi connectivity index (χ3n) is 5.94. The van der Waals surface area contributed by atoms with Gasteiger partial charge >= 0.3 is 0 Å². The first-order chi connectivity index (χ1) is 16.0. The lowest BCUT2D eigenvalue weighted by molar-refractivity contribution is -0.124. The lowest BCUT2D eigenvalue weighted by Crippen LogP contribution is -2.51. The standard InChI is InChI=1S/C23H23N5O4S/c29-18-7-6-16(19(30)25-22-27-26-20(33-22)15-4-2-1-3-5-15)14-17(18)24-21(31)23(8-9-23)28-10-12-32-13-11-28/h1-7,14,29H,8-13H2,(H,24,31)(H,25,27,30). The van der Waals surface area contributed by atoms with E-state index in [1.807, 2.05) is 30.3 Å². The number of hydrogen-bond acceptors (Lipinski definition) is 8. The van der Waals surface area contributed by atoms with Crippen molar-refractivity contribution in [2.45, 2.75) is 18.4 Å². The zero-order valence-corrected chi connectivity index (χ0v) is 18.6. The smallest absolute Gasteiger partial charge is 0.257 e. The number of carbonyl (C=O) groups excluding carboxylic acids is 2. The molecule has 2 amide bonds. The number of aromatic hydroxyl groups is 1. The predicted molar refractivity (Wildman–Crippen MR) is 124 cm³/mol. The highest BCUT2D eigenvalue weighted by Crippen LogP contribution is 2.43. The lowest BCUT2D eigenvalue weighted by Gasteiger charge is -2.33. The van der Waals surface area contributed by atoms with Crippen LogP contribution < -0.4 is 10.6 Å². The highest BCUT2D eigenvalue weighted by molar-refractivity contribution is 7.18. The Labute approximate surface area is 194 Å². The molecule has 0 radical (unpaired) electrons. The van der Waals surface area contributed by atoms with Crippen LogP contribution in [-0.4, -0.2) is 63.9 Å². The second-order valence-electron chi connectivity index (χ2n) is 8.05. The summed E-state index contributed by atoms with van der Waals surface area (Å²) >= 11 is 1.27. The summed E-state index contributed by atoms with van der Waals surface area (Å²) in [5, 5.41) is 25.1. The maximum absolute atomic E-state index is 13.0. The van der Waals surface area contributed by atoms with E-state index < -0.39 is 11.4 Å². The summed E-state index contributed by atoms with van der Waals surface area (Å²) in [7, 11) is 0. The number of phenols is 1. The van der Waals surface area contributed by atoms with Crippen LogP contribution in [-0.2, 0) is 9.53 Å². The molecule has 0 unspecified atom stereocenters. The minimum atomic E-state index is -0.561. The van der Waals surface area contributed by atoms with Crippen molar-refractivity contribution in [3.05, 3.63) is 54.1 Å². The van der Waals surface area contributed by atoms with E-state index in [9.17, 15) is 14.7 Å². The van der Waals surface area contributed by atoms with E-state index in [0.717, 1.165) is 18.4 Å². The molecule has 170 valence electrons. The van der Waals surface area contributed by atoms with Crippen LogP contribution in [0, 0.1) is 0 Å². The van der Waals surface area contributed by atoms with Crippen molar-refractivity contribution < 1.29 is 19.4 Å². The van der Waals surface area contributed by atoms with Crippen LogP contribution in [0.2, 0.25) is 0 Å². The highest BCUT2D eigenvalue weighted by atomic mass is 32.1. The number of anilines is 2. The second-order valence-corrected chi connectivity index (χ2v) is 9.03. The minimum Gasteiger partial charge on any atom is -0.506 e. The summed E-state index contributed by atoms with van der Waals surface area (Å²) in [5.74, 6) is -0.676. The molecular weight excluding hydrogens is 442 g/mol. The molecule has 0 atom stereocenters. The molecule has 1 aliphatic heterocycles. The molecule has 0 bridgehead atoms. The SMILES string of the molecule is O=C(Nc1nnc(-c2ccccc2)s1)c1ccc(O)c(NC(=O)C2(N3CCOCC3)CC2)c1. The fourth-order valence-electron chi connectivity index (χ4n) is 3.95. The predicted octanol–water partition coefficient (Wildman–Crippen LogP) is 2.97. The Morgan fingerprint density at radius 2 is 1.79 bits per heavy atom. The van der Waals surface area contributed by atoms with Crippen molar-refractivity contribution in [2.24, 2.45) is 0 Å².